The molecule has 5 nitrogen and oxygen atoms in total. The number of amides is 2. The lowest BCUT2D eigenvalue weighted by atomic mass is 10.1. The predicted molar refractivity (Wildman–Crippen MR) is 88.7 cm³/mol. The van der Waals surface area contributed by atoms with Crippen molar-refractivity contribution in [3.05, 3.63) is 58.2 Å². The zero-order chi connectivity index (χ0) is 17.1. The molecule has 0 aliphatic carbocycles. The monoisotopic (exact) mass is 394 g/mol. The van der Waals surface area contributed by atoms with Crippen molar-refractivity contribution in [2.24, 2.45) is 0 Å². The molecular weight excluding hydrogens is 379 g/mol. The van der Waals surface area contributed by atoms with E-state index in [1.807, 2.05) is 0 Å². The Bertz CT molecular complexity index is 748. The van der Waals surface area contributed by atoms with Gasteiger partial charge in [0.05, 0.1) is 18.4 Å². The van der Waals surface area contributed by atoms with Crippen LogP contribution in [0, 0.1) is 5.82 Å². The zero-order valence-electron chi connectivity index (χ0n) is 12.8. The minimum Gasteiger partial charge on any atom is -0.467 e. The van der Waals surface area contributed by atoms with Crippen LogP contribution in [-0.4, -0.2) is 29.3 Å². The van der Waals surface area contributed by atoms with Gasteiger partial charge in [-0.15, -0.1) is 0 Å². The van der Waals surface area contributed by atoms with Gasteiger partial charge >= 0.3 is 0 Å². The minimum absolute atomic E-state index is 0.0323. The molecule has 1 aliphatic rings. The third-order valence-electron chi connectivity index (χ3n) is 3.99. The van der Waals surface area contributed by atoms with Gasteiger partial charge in [-0.2, -0.15) is 0 Å². The first kappa shape index (κ1) is 16.7. The number of likely N-dealkylation sites (tertiary alicyclic amines) is 1. The molecule has 1 saturated heterocycles. The van der Waals surface area contributed by atoms with Gasteiger partial charge in [-0.3, -0.25) is 9.59 Å². The molecule has 0 radical (unpaired) electrons. The lowest BCUT2D eigenvalue weighted by Crippen LogP contribution is -2.45. The van der Waals surface area contributed by atoms with Gasteiger partial charge in [0.2, 0.25) is 5.91 Å². The highest BCUT2D eigenvalue weighted by atomic mass is 79.9. The van der Waals surface area contributed by atoms with Crippen LogP contribution in [0.2, 0.25) is 0 Å². The van der Waals surface area contributed by atoms with Crippen molar-refractivity contribution in [3.8, 4) is 0 Å². The quantitative estimate of drug-likeness (QED) is 0.866. The number of carbonyl (C=O) groups is 2. The van der Waals surface area contributed by atoms with Crippen LogP contribution >= 0.6 is 15.9 Å². The molecule has 3 rings (SSSR count). The van der Waals surface area contributed by atoms with Gasteiger partial charge < -0.3 is 14.6 Å². The third kappa shape index (κ3) is 3.51. The van der Waals surface area contributed by atoms with Gasteiger partial charge in [-0.05, 0) is 43.2 Å². The molecule has 7 heteroatoms. The number of furan rings is 1. The summed E-state index contributed by atoms with van der Waals surface area (Å²) in [6.07, 6.45) is 2.80. The number of carbonyl (C=O) groups excluding carboxylic acids is 2. The van der Waals surface area contributed by atoms with Crippen LogP contribution in [0.3, 0.4) is 0 Å². The topological polar surface area (TPSA) is 62.6 Å². The average molecular weight is 395 g/mol. The van der Waals surface area contributed by atoms with Crippen molar-refractivity contribution >= 4 is 27.7 Å². The molecule has 126 valence electrons. The van der Waals surface area contributed by atoms with Crippen molar-refractivity contribution in [1.29, 1.82) is 0 Å². The minimum atomic E-state index is -0.593. The van der Waals surface area contributed by atoms with Gasteiger partial charge in [-0.1, -0.05) is 15.9 Å². The SMILES string of the molecule is O=C(NCc1ccco1)C1CCCN1C(=O)c1cc(Br)ccc1F. The van der Waals surface area contributed by atoms with E-state index >= 15 is 0 Å². The maximum absolute atomic E-state index is 14.0. The second kappa shape index (κ2) is 7.17. The Labute approximate surface area is 146 Å². The summed E-state index contributed by atoms with van der Waals surface area (Å²) in [5.74, 6) is -0.681. The molecule has 1 N–H and O–H groups in total. The fourth-order valence-corrected chi connectivity index (χ4v) is 3.16. The van der Waals surface area contributed by atoms with E-state index in [0.29, 0.717) is 29.6 Å². The van der Waals surface area contributed by atoms with E-state index in [0.717, 1.165) is 0 Å². The highest BCUT2D eigenvalue weighted by Gasteiger charge is 2.35. The number of rotatable bonds is 4. The van der Waals surface area contributed by atoms with Crippen LogP contribution in [0.1, 0.15) is 29.0 Å². The van der Waals surface area contributed by atoms with Crippen LogP contribution in [0.25, 0.3) is 0 Å². The van der Waals surface area contributed by atoms with E-state index in [1.165, 1.54) is 29.4 Å². The first-order valence-electron chi connectivity index (χ1n) is 7.62. The van der Waals surface area contributed by atoms with E-state index < -0.39 is 17.8 Å². The Balaban J connectivity index is 1.71. The highest BCUT2D eigenvalue weighted by Crippen LogP contribution is 2.23. The summed E-state index contributed by atoms with van der Waals surface area (Å²) < 4.78 is 19.7. The second-order valence-corrected chi connectivity index (χ2v) is 6.49. The van der Waals surface area contributed by atoms with E-state index in [-0.39, 0.29) is 18.0 Å². The lowest BCUT2D eigenvalue weighted by Gasteiger charge is -2.24. The van der Waals surface area contributed by atoms with Gasteiger partial charge in [0.15, 0.2) is 0 Å². The Morgan fingerprint density at radius 1 is 1.38 bits per heavy atom. The number of nitrogens with zero attached hydrogens (tertiary/aromatic N) is 1. The molecule has 1 unspecified atom stereocenters. The van der Waals surface area contributed by atoms with E-state index in [1.54, 1.807) is 12.1 Å². The summed E-state index contributed by atoms with van der Waals surface area (Å²) in [4.78, 5) is 26.5. The molecule has 0 bridgehead atoms. The fraction of sp³-hybridized carbons (Fsp3) is 0.294. The lowest BCUT2D eigenvalue weighted by molar-refractivity contribution is -0.125. The molecular formula is C17H16BrFN2O3. The summed E-state index contributed by atoms with van der Waals surface area (Å²) in [5.41, 5.74) is -0.0323. The number of hydrogen-bond donors (Lipinski definition) is 1. The standard InChI is InChI=1S/C17H16BrFN2O3/c18-11-5-6-14(19)13(9-11)17(23)21-7-1-4-15(21)16(22)20-10-12-3-2-8-24-12/h2-3,5-6,8-9,15H,1,4,7,10H2,(H,20,22). The maximum atomic E-state index is 14.0. The van der Waals surface area contributed by atoms with Gasteiger partial charge in [0.1, 0.15) is 17.6 Å². The van der Waals surface area contributed by atoms with Crippen molar-refractivity contribution in [1.82, 2.24) is 10.2 Å². The largest absolute Gasteiger partial charge is 0.467 e. The molecule has 0 saturated carbocycles. The molecule has 1 aromatic heterocycles. The normalized spacial score (nSPS) is 17.1. The van der Waals surface area contributed by atoms with Gasteiger partial charge in [-0.25, -0.2) is 4.39 Å². The maximum Gasteiger partial charge on any atom is 0.257 e. The van der Waals surface area contributed by atoms with Crippen molar-refractivity contribution in [2.45, 2.75) is 25.4 Å². The Hall–Kier alpha value is -2.15. The van der Waals surface area contributed by atoms with Crippen LogP contribution in [0.15, 0.2) is 45.5 Å². The first-order valence-corrected chi connectivity index (χ1v) is 8.41. The molecule has 2 heterocycles. The number of benzene rings is 1. The van der Waals surface area contributed by atoms with Gasteiger partial charge in [0.25, 0.3) is 5.91 Å². The first-order chi connectivity index (χ1) is 11.6. The van der Waals surface area contributed by atoms with Crippen molar-refractivity contribution < 1.29 is 18.4 Å². The molecule has 0 spiro atoms. The highest BCUT2D eigenvalue weighted by molar-refractivity contribution is 9.10. The van der Waals surface area contributed by atoms with Crippen LogP contribution < -0.4 is 5.32 Å². The summed E-state index contributed by atoms with van der Waals surface area (Å²) in [6.45, 7) is 0.694. The van der Waals surface area contributed by atoms with E-state index in [4.69, 9.17) is 4.42 Å². The molecule has 24 heavy (non-hydrogen) atoms. The summed E-state index contributed by atoms with van der Waals surface area (Å²) in [7, 11) is 0. The zero-order valence-corrected chi connectivity index (χ0v) is 14.4. The molecule has 2 amide bonds. The Morgan fingerprint density at radius 3 is 2.96 bits per heavy atom. The Kier molecular flexibility index (Phi) is 4.99. The summed E-state index contributed by atoms with van der Waals surface area (Å²) in [6, 6.07) is 7.11. The second-order valence-electron chi connectivity index (χ2n) is 5.58. The summed E-state index contributed by atoms with van der Waals surface area (Å²) >= 11 is 3.24. The average Bonchev–Trinajstić information content (AvgIpc) is 3.25. The number of nitrogens with one attached hydrogen (secondary N) is 1. The van der Waals surface area contributed by atoms with Crippen LogP contribution in [0.5, 0.6) is 0 Å². The molecule has 1 aliphatic heterocycles. The molecule has 1 atom stereocenters. The van der Waals surface area contributed by atoms with Crippen LogP contribution in [-0.2, 0) is 11.3 Å². The third-order valence-corrected chi connectivity index (χ3v) is 4.49. The Morgan fingerprint density at radius 2 is 2.21 bits per heavy atom. The molecule has 2 aromatic rings. The van der Waals surface area contributed by atoms with Gasteiger partial charge in [0, 0.05) is 11.0 Å². The number of hydrogen-bond acceptors (Lipinski definition) is 3. The van der Waals surface area contributed by atoms with Crippen molar-refractivity contribution in [3.63, 3.8) is 0 Å². The molecule has 1 aromatic carbocycles. The van der Waals surface area contributed by atoms with Crippen LogP contribution in [0.4, 0.5) is 4.39 Å². The van der Waals surface area contributed by atoms with E-state index in [9.17, 15) is 14.0 Å². The number of halogens is 2. The fourth-order valence-electron chi connectivity index (χ4n) is 2.80. The summed E-state index contributed by atoms with van der Waals surface area (Å²) in [5, 5.41) is 2.76. The smallest absolute Gasteiger partial charge is 0.257 e. The van der Waals surface area contributed by atoms with Crippen molar-refractivity contribution in [2.75, 3.05) is 6.54 Å². The molecule has 1 fully saturated rings. The van der Waals surface area contributed by atoms with E-state index in [2.05, 4.69) is 21.2 Å². The predicted octanol–water partition coefficient (Wildman–Crippen LogP) is 3.10.